The molecule has 0 saturated heterocycles. The minimum absolute atomic E-state index is 0.0984. The van der Waals surface area contributed by atoms with Gasteiger partial charge in [-0.05, 0) is 37.4 Å². The van der Waals surface area contributed by atoms with Crippen molar-refractivity contribution in [3.8, 4) is 23.0 Å². The number of hydrogen-bond acceptors (Lipinski definition) is 2. The molecule has 2 aromatic rings. The van der Waals surface area contributed by atoms with Crippen LogP contribution in [0.25, 0.3) is 11.1 Å². The summed E-state index contributed by atoms with van der Waals surface area (Å²) in [7, 11) is 3.92. The molecule has 0 heterocycles. The molecule has 1 amide bonds. The number of amides is 1. The highest BCUT2D eigenvalue weighted by Crippen LogP contribution is 2.19. The summed E-state index contributed by atoms with van der Waals surface area (Å²) < 4.78 is 0. The van der Waals surface area contributed by atoms with Gasteiger partial charge < -0.3 is 5.32 Å². The van der Waals surface area contributed by atoms with Gasteiger partial charge in [0.05, 0.1) is 13.1 Å². The molecule has 22 heavy (non-hydrogen) atoms. The molecule has 0 aliphatic heterocycles. The van der Waals surface area contributed by atoms with Crippen LogP contribution in [0.15, 0.2) is 54.6 Å². The minimum atomic E-state index is -0.0984. The summed E-state index contributed by atoms with van der Waals surface area (Å²) in [5.74, 6) is 5.82. The largest absolute Gasteiger partial charge is 0.341 e. The lowest BCUT2D eigenvalue weighted by molar-refractivity contribution is 0.0958. The van der Waals surface area contributed by atoms with Gasteiger partial charge in [0.1, 0.15) is 0 Å². The molecule has 0 bridgehead atoms. The maximum absolute atomic E-state index is 12.0. The monoisotopic (exact) mass is 292 g/mol. The minimum Gasteiger partial charge on any atom is -0.341 e. The van der Waals surface area contributed by atoms with Crippen LogP contribution in [0.1, 0.15) is 10.4 Å². The van der Waals surface area contributed by atoms with Crippen LogP contribution >= 0.6 is 0 Å². The summed E-state index contributed by atoms with van der Waals surface area (Å²) in [6, 6.07) is 17.7. The Kier molecular flexibility index (Phi) is 5.76. The average molecular weight is 292 g/mol. The van der Waals surface area contributed by atoms with Crippen LogP contribution < -0.4 is 5.32 Å². The third-order valence-corrected chi connectivity index (χ3v) is 3.11. The lowest BCUT2D eigenvalue weighted by atomic mass is 10.0. The molecule has 0 spiro atoms. The van der Waals surface area contributed by atoms with Crippen LogP contribution in [0.5, 0.6) is 0 Å². The van der Waals surface area contributed by atoms with Crippen molar-refractivity contribution in [3.05, 3.63) is 60.2 Å². The predicted molar refractivity (Wildman–Crippen MR) is 90.5 cm³/mol. The summed E-state index contributed by atoms with van der Waals surface area (Å²) in [5, 5.41) is 2.80. The van der Waals surface area contributed by atoms with E-state index in [0.717, 1.165) is 11.1 Å². The van der Waals surface area contributed by atoms with Crippen molar-refractivity contribution in [2.45, 2.75) is 0 Å². The number of nitrogens with zero attached hydrogens (tertiary/aromatic N) is 1. The average Bonchev–Trinajstić information content (AvgIpc) is 2.55. The SMILES string of the molecule is CN(C)CC#CCNC(=O)c1ccc(-c2ccccc2)cc1. The van der Waals surface area contributed by atoms with E-state index in [0.29, 0.717) is 18.7 Å². The number of rotatable bonds is 4. The fourth-order valence-corrected chi connectivity index (χ4v) is 1.95. The van der Waals surface area contributed by atoms with Gasteiger partial charge in [-0.1, -0.05) is 54.3 Å². The molecule has 0 saturated carbocycles. The van der Waals surface area contributed by atoms with E-state index in [4.69, 9.17) is 0 Å². The van der Waals surface area contributed by atoms with Gasteiger partial charge in [-0.2, -0.15) is 0 Å². The second kappa shape index (κ2) is 8.02. The molecule has 0 radical (unpaired) electrons. The van der Waals surface area contributed by atoms with Crippen molar-refractivity contribution in [1.82, 2.24) is 10.2 Å². The molecule has 0 aliphatic rings. The molecule has 0 fully saturated rings. The van der Waals surface area contributed by atoms with Gasteiger partial charge in [-0.25, -0.2) is 0 Å². The lowest BCUT2D eigenvalue weighted by Crippen LogP contribution is -2.23. The van der Waals surface area contributed by atoms with Crippen LogP contribution in [0, 0.1) is 11.8 Å². The fraction of sp³-hybridized carbons (Fsp3) is 0.211. The molecule has 2 aromatic carbocycles. The first kappa shape index (κ1) is 15.8. The van der Waals surface area contributed by atoms with Gasteiger partial charge in [0.2, 0.25) is 0 Å². The van der Waals surface area contributed by atoms with Crippen LogP contribution in [0.2, 0.25) is 0 Å². The van der Waals surface area contributed by atoms with Gasteiger partial charge in [-0.3, -0.25) is 9.69 Å². The molecular formula is C19H20N2O. The summed E-state index contributed by atoms with van der Waals surface area (Å²) >= 11 is 0. The van der Waals surface area contributed by atoms with Crippen molar-refractivity contribution in [1.29, 1.82) is 0 Å². The maximum atomic E-state index is 12.0. The topological polar surface area (TPSA) is 32.3 Å². The van der Waals surface area contributed by atoms with E-state index in [2.05, 4.69) is 29.3 Å². The number of carbonyl (C=O) groups excluding carboxylic acids is 1. The standard InChI is InChI=1S/C19H20N2O/c1-21(2)15-7-6-14-20-19(22)18-12-10-17(11-13-18)16-8-4-3-5-9-16/h3-5,8-13H,14-15H2,1-2H3,(H,20,22). The number of nitrogens with one attached hydrogen (secondary N) is 1. The Labute approximate surface area is 132 Å². The van der Waals surface area contributed by atoms with Crippen LogP contribution in [0.3, 0.4) is 0 Å². The zero-order valence-electron chi connectivity index (χ0n) is 13.0. The van der Waals surface area contributed by atoms with Crippen molar-refractivity contribution >= 4 is 5.91 Å². The van der Waals surface area contributed by atoms with Gasteiger partial charge in [0, 0.05) is 5.56 Å². The zero-order valence-corrected chi connectivity index (χ0v) is 13.0. The van der Waals surface area contributed by atoms with Gasteiger partial charge >= 0.3 is 0 Å². The summed E-state index contributed by atoms with van der Waals surface area (Å²) in [5.41, 5.74) is 2.89. The second-order valence-electron chi connectivity index (χ2n) is 5.22. The Bertz CT molecular complexity index is 664. The molecular weight excluding hydrogens is 272 g/mol. The normalized spacial score (nSPS) is 9.95. The van der Waals surface area contributed by atoms with Gasteiger partial charge in [0.25, 0.3) is 5.91 Å². The van der Waals surface area contributed by atoms with Crippen LogP contribution in [-0.4, -0.2) is 38.0 Å². The van der Waals surface area contributed by atoms with Gasteiger partial charge in [-0.15, -0.1) is 0 Å². The molecule has 0 aliphatic carbocycles. The molecule has 112 valence electrons. The second-order valence-corrected chi connectivity index (χ2v) is 5.22. The van der Waals surface area contributed by atoms with Gasteiger partial charge in [0.15, 0.2) is 0 Å². The Morgan fingerprint density at radius 2 is 1.59 bits per heavy atom. The first-order chi connectivity index (χ1) is 10.7. The van der Waals surface area contributed by atoms with E-state index in [1.54, 1.807) is 0 Å². The smallest absolute Gasteiger partial charge is 0.252 e. The zero-order chi connectivity index (χ0) is 15.8. The Morgan fingerprint density at radius 3 is 2.23 bits per heavy atom. The maximum Gasteiger partial charge on any atom is 0.252 e. The van der Waals surface area contributed by atoms with Crippen LogP contribution in [-0.2, 0) is 0 Å². The molecule has 0 atom stereocenters. The van der Waals surface area contributed by atoms with E-state index in [1.165, 1.54) is 0 Å². The quantitative estimate of drug-likeness (QED) is 0.879. The Morgan fingerprint density at radius 1 is 0.955 bits per heavy atom. The summed E-state index contributed by atoms with van der Waals surface area (Å²) in [4.78, 5) is 14.0. The predicted octanol–water partition coefficient (Wildman–Crippen LogP) is 2.65. The fourth-order valence-electron chi connectivity index (χ4n) is 1.95. The van der Waals surface area contributed by atoms with E-state index >= 15 is 0 Å². The Hall–Kier alpha value is -2.57. The van der Waals surface area contributed by atoms with Crippen molar-refractivity contribution < 1.29 is 4.79 Å². The summed E-state index contributed by atoms with van der Waals surface area (Å²) in [6.45, 7) is 1.06. The molecule has 3 heteroatoms. The number of hydrogen-bond donors (Lipinski definition) is 1. The summed E-state index contributed by atoms with van der Waals surface area (Å²) in [6.07, 6.45) is 0. The van der Waals surface area contributed by atoms with Crippen molar-refractivity contribution in [2.24, 2.45) is 0 Å². The first-order valence-corrected chi connectivity index (χ1v) is 7.21. The van der Waals surface area contributed by atoms with E-state index < -0.39 is 0 Å². The molecule has 0 unspecified atom stereocenters. The number of carbonyl (C=O) groups is 1. The van der Waals surface area contributed by atoms with E-state index in [9.17, 15) is 4.79 Å². The highest BCUT2D eigenvalue weighted by molar-refractivity contribution is 5.94. The molecule has 0 aromatic heterocycles. The highest BCUT2D eigenvalue weighted by Gasteiger charge is 2.04. The molecule has 2 rings (SSSR count). The van der Waals surface area contributed by atoms with Crippen molar-refractivity contribution in [3.63, 3.8) is 0 Å². The highest BCUT2D eigenvalue weighted by atomic mass is 16.1. The third-order valence-electron chi connectivity index (χ3n) is 3.11. The first-order valence-electron chi connectivity index (χ1n) is 7.21. The molecule has 1 N–H and O–H groups in total. The van der Waals surface area contributed by atoms with Crippen LogP contribution in [0.4, 0.5) is 0 Å². The Balaban J connectivity index is 1.92. The van der Waals surface area contributed by atoms with Crippen molar-refractivity contribution in [2.75, 3.05) is 27.2 Å². The van der Waals surface area contributed by atoms with E-state index in [-0.39, 0.29) is 5.91 Å². The molecule has 3 nitrogen and oxygen atoms in total. The third kappa shape index (κ3) is 4.76. The number of benzene rings is 2. The lowest BCUT2D eigenvalue weighted by Gasteiger charge is -2.05. The van der Waals surface area contributed by atoms with E-state index in [1.807, 2.05) is 61.5 Å².